The highest BCUT2D eigenvalue weighted by Gasteiger charge is 2.12. The number of nitrogens with zero attached hydrogens (tertiary/aromatic N) is 1. The number of benzene rings is 1. The van der Waals surface area contributed by atoms with Crippen LogP contribution in [0, 0.1) is 17.2 Å². The predicted octanol–water partition coefficient (Wildman–Crippen LogP) is 2.01. The molecule has 0 aliphatic heterocycles. The van der Waals surface area contributed by atoms with Gasteiger partial charge in [-0.25, -0.2) is 0 Å². The van der Waals surface area contributed by atoms with Crippen LogP contribution in [0.4, 0.5) is 5.69 Å². The van der Waals surface area contributed by atoms with Crippen LogP contribution >= 0.6 is 11.6 Å². The number of carbonyl (C=O) groups excluding carboxylic acids is 1. The van der Waals surface area contributed by atoms with Gasteiger partial charge in [-0.2, -0.15) is 5.26 Å². The third-order valence-electron chi connectivity index (χ3n) is 2.31. The van der Waals surface area contributed by atoms with Gasteiger partial charge in [-0.05, 0) is 25.2 Å². The van der Waals surface area contributed by atoms with E-state index in [2.05, 4.69) is 10.6 Å². The van der Waals surface area contributed by atoms with Gasteiger partial charge in [0.05, 0.1) is 10.6 Å². The highest BCUT2D eigenvalue weighted by Crippen LogP contribution is 2.20. The van der Waals surface area contributed by atoms with E-state index >= 15 is 0 Å². The average molecular weight is 252 g/mol. The molecular weight excluding hydrogens is 238 g/mol. The van der Waals surface area contributed by atoms with Gasteiger partial charge in [-0.3, -0.25) is 4.79 Å². The van der Waals surface area contributed by atoms with E-state index in [9.17, 15) is 4.79 Å². The van der Waals surface area contributed by atoms with E-state index in [0.717, 1.165) is 0 Å². The van der Waals surface area contributed by atoms with Crippen LogP contribution in [0.3, 0.4) is 0 Å². The summed E-state index contributed by atoms with van der Waals surface area (Å²) in [6.45, 7) is 2.44. The molecule has 0 radical (unpaired) electrons. The van der Waals surface area contributed by atoms with Crippen molar-refractivity contribution in [3.05, 3.63) is 28.8 Å². The monoisotopic (exact) mass is 251 g/mol. The fraction of sp³-hybridized carbons (Fsp3) is 0.333. The Morgan fingerprint density at radius 3 is 2.82 bits per heavy atom. The number of carbonyl (C=O) groups is 1. The van der Waals surface area contributed by atoms with E-state index < -0.39 is 0 Å². The first-order valence-electron chi connectivity index (χ1n) is 5.23. The number of hydrogen-bond acceptors (Lipinski definition) is 3. The highest BCUT2D eigenvalue weighted by atomic mass is 35.5. The van der Waals surface area contributed by atoms with Crippen LogP contribution in [0.15, 0.2) is 18.2 Å². The summed E-state index contributed by atoms with van der Waals surface area (Å²) in [7, 11) is 1.79. The summed E-state index contributed by atoms with van der Waals surface area (Å²) in [6, 6.07) is 6.78. The average Bonchev–Trinajstić information content (AvgIpc) is 2.29. The van der Waals surface area contributed by atoms with Gasteiger partial charge in [0.1, 0.15) is 6.07 Å². The standard InChI is InChI=1S/C12H14ClN3O/c1-8(7-15-2)12(17)16-10-4-3-9(6-14)11(13)5-10/h3-5,8,15H,7H2,1-2H3,(H,16,17). The number of nitriles is 1. The van der Waals surface area contributed by atoms with Gasteiger partial charge >= 0.3 is 0 Å². The summed E-state index contributed by atoms with van der Waals surface area (Å²) in [5.41, 5.74) is 0.995. The first-order valence-corrected chi connectivity index (χ1v) is 5.61. The van der Waals surface area contributed by atoms with Crippen molar-refractivity contribution in [3.63, 3.8) is 0 Å². The molecule has 1 aromatic rings. The fourth-order valence-electron chi connectivity index (χ4n) is 1.35. The maximum absolute atomic E-state index is 11.7. The number of anilines is 1. The summed E-state index contributed by atoms with van der Waals surface area (Å²) in [6.07, 6.45) is 0. The maximum atomic E-state index is 11.7. The molecule has 90 valence electrons. The molecule has 0 bridgehead atoms. The Hall–Kier alpha value is -1.57. The lowest BCUT2D eigenvalue weighted by atomic mass is 10.1. The van der Waals surface area contributed by atoms with Gasteiger partial charge < -0.3 is 10.6 Å². The van der Waals surface area contributed by atoms with Crippen molar-refractivity contribution in [2.24, 2.45) is 5.92 Å². The van der Waals surface area contributed by atoms with Crippen LogP contribution in [0.25, 0.3) is 0 Å². The lowest BCUT2D eigenvalue weighted by Crippen LogP contribution is -2.28. The van der Waals surface area contributed by atoms with Gasteiger partial charge in [0, 0.05) is 18.2 Å². The molecule has 2 N–H and O–H groups in total. The quantitative estimate of drug-likeness (QED) is 0.860. The number of rotatable bonds is 4. The second kappa shape index (κ2) is 6.24. The van der Waals surface area contributed by atoms with Crippen LogP contribution in [-0.4, -0.2) is 19.5 Å². The third kappa shape index (κ3) is 3.74. The largest absolute Gasteiger partial charge is 0.326 e. The van der Waals surface area contributed by atoms with E-state index in [1.54, 1.807) is 25.2 Å². The van der Waals surface area contributed by atoms with E-state index in [-0.39, 0.29) is 11.8 Å². The van der Waals surface area contributed by atoms with Crippen molar-refractivity contribution < 1.29 is 4.79 Å². The molecule has 0 heterocycles. The molecule has 1 unspecified atom stereocenters. The van der Waals surface area contributed by atoms with Crippen molar-refractivity contribution in [1.29, 1.82) is 5.26 Å². The second-order valence-corrected chi connectivity index (χ2v) is 4.16. The number of amides is 1. The molecule has 1 rings (SSSR count). The predicted molar refractivity (Wildman–Crippen MR) is 67.9 cm³/mol. The molecule has 0 saturated carbocycles. The van der Waals surface area contributed by atoms with Crippen LogP contribution in [0.5, 0.6) is 0 Å². The van der Waals surface area contributed by atoms with Crippen molar-refractivity contribution in [2.75, 3.05) is 18.9 Å². The highest BCUT2D eigenvalue weighted by molar-refractivity contribution is 6.32. The number of halogens is 1. The molecule has 1 amide bonds. The smallest absolute Gasteiger partial charge is 0.228 e. The Morgan fingerprint density at radius 2 is 2.29 bits per heavy atom. The molecule has 0 fully saturated rings. The maximum Gasteiger partial charge on any atom is 0.228 e. The number of nitrogens with one attached hydrogen (secondary N) is 2. The minimum Gasteiger partial charge on any atom is -0.326 e. The zero-order valence-electron chi connectivity index (χ0n) is 9.75. The van der Waals surface area contributed by atoms with Crippen LogP contribution < -0.4 is 10.6 Å². The van der Waals surface area contributed by atoms with Crippen molar-refractivity contribution >= 4 is 23.2 Å². The SMILES string of the molecule is CNCC(C)C(=O)Nc1ccc(C#N)c(Cl)c1. The molecule has 0 spiro atoms. The van der Waals surface area contributed by atoms with Crippen LogP contribution in [0.2, 0.25) is 5.02 Å². The molecule has 0 aliphatic rings. The van der Waals surface area contributed by atoms with E-state index in [4.69, 9.17) is 16.9 Å². The summed E-state index contributed by atoms with van der Waals surface area (Å²) in [4.78, 5) is 11.7. The lowest BCUT2D eigenvalue weighted by Gasteiger charge is -2.11. The van der Waals surface area contributed by atoms with Gasteiger partial charge in [0.2, 0.25) is 5.91 Å². The molecule has 4 nitrogen and oxygen atoms in total. The minimum atomic E-state index is -0.130. The molecule has 17 heavy (non-hydrogen) atoms. The van der Waals surface area contributed by atoms with Gasteiger partial charge in [0.25, 0.3) is 0 Å². The van der Waals surface area contributed by atoms with E-state index in [1.807, 2.05) is 13.0 Å². The summed E-state index contributed by atoms with van der Waals surface area (Å²) in [5, 5.41) is 14.7. The normalized spacial score (nSPS) is 11.6. The molecule has 0 aliphatic carbocycles. The Morgan fingerprint density at radius 1 is 1.59 bits per heavy atom. The molecule has 0 aromatic heterocycles. The Balaban J connectivity index is 2.73. The van der Waals surface area contributed by atoms with E-state index in [1.165, 1.54) is 0 Å². The van der Waals surface area contributed by atoms with Crippen molar-refractivity contribution in [2.45, 2.75) is 6.92 Å². The fourth-order valence-corrected chi connectivity index (χ4v) is 1.57. The molecule has 1 aromatic carbocycles. The summed E-state index contributed by atoms with van der Waals surface area (Å²) in [5.74, 6) is -0.213. The Bertz CT molecular complexity index is 454. The summed E-state index contributed by atoms with van der Waals surface area (Å²) < 4.78 is 0. The van der Waals surface area contributed by atoms with Gasteiger partial charge in [-0.1, -0.05) is 18.5 Å². The first kappa shape index (κ1) is 13.5. The second-order valence-electron chi connectivity index (χ2n) is 3.75. The molecule has 5 heteroatoms. The first-order chi connectivity index (χ1) is 8.08. The van der Waals surface area contributed by atoms with Crippen molar-refractivity contribution in [3.8, 4) is 6.07 Å². The third-order valence-corrected chi connectivity index (χ3v) is 2.63. The van der Waals surface area contributed by atoms with Crippen molar-refractivity contribution in [1.82, 2.24) is 5.32 Å². The van der Waals surface area contributed by atoms with E-state index in [0.29, 0.717) is 22.8 Å². The van der Waals surface area contributed by atoms with Crippen LogP contribution in [0.1, 0.15) is 12.5 Å². The number of hydrogen-bond donors (Lipinski definition) is 2. The molecule has 0 saturated heterocycles. The van der Waals surface area contributed by atoms with Gasteiger partial charge in [0.15, 0.2) is 0 Å². The molecule has 1 atom stereocenters. The molecular formula is C12H14ClN3O. The Labute approximate surface area is 106 Å². The lowest BCUT2D eigenvalue weighted by molar-refractivity contribution is -0.119. The zero-order chi connectivity index (χ0) is 12.8. The zero-order valence-corrected chi connectivity index (χ0v) is 10.5. The van der Waals surface area contributed by atoms with Gasteiger partial charge in [-0.15, -0.1) is 0 Å². The topological polar surface area (TPSA) is 64.9 Å². The Kier molecular flexibility index (Phi) is 4.95. The summed E-state index contributed by atoms with van der Waals surface area (Å²) >= 11 is 5.87. The van der Waals surface area contributed by atoms with Crippen LogP contribution in [-0.2, 0) is 4.79 Å². The minimum absolute atomic E-state index is 0.0832.